The zero-order valence-electron chi connectivity index (χ0n) is 14.3. The molecule has 3 heterocycles. The molecule has 1 spiro atoms. The van der Waals surface area contributed by atoms with E-state index in [1.54, 1.807) is 0 Å². The molecule has 0 bridgehead atoms. The Bertz CT molecular complexity index is 558. The van der Waals surface area contributed by atoms with Crippen molar-refractivity contribution >= 4 is 0 Å². The van der Waals surface area contributed by atoms with E-state index in [-0.39, 0.29) is 16.4 Å². The fourth-order valence-electron chi connectivity index (χ4n) is 3.36. The lowest BCUT2D eigenvalue weighted by molar-refractivity contribution is 0.245. The molecule has 1 aromatic heterocycles. The second-order valence-corrected chi connectivity index (χ2v) is 8.63. The smallest absolute Gasteiger partial charge is 0.146 e. The van der Waals surface area contributed by atoms with E-state index in [1.165, 1.54) is 17.7 Å². The Morgan fingerprint density at radius 1 is 1.14 bits per heavy atom. The minimum atomic E-state index is -0.00449. The van der Waals surface area contributed by atoms with Crippen molar-refractivity contribution in [3.63, 3.8) is 0 Å². The van der Waals surface area contributed by atoms with Crippen LogP contribution in [0.25, 0.3) is 0 Å². The quantitative estimate of drug-likeness (QED) is 0.791. The van der Waals surface area contributed by atoms with Crippen LogP contribution in [0.4, 0.5) is 0 Å². The molecule has 1 saturated heterocycles. The molecule has 0 saturated carbocycles. The summed E-state index contributed by atoms with van der Waals surface area (Å²) < 4.78 is 6.14. The second-order valence-electron chi connectivity index (χ2n) is 8.63. The van der Waals surface area contributed by atoms with E-state index in [1.807, 2.05) is 0 Å². The summed E-state index contributed by atoms with van der Waals surface area (Å²) in [6.45, 7) is 15.2. The standard InChI is InChI=1S/C18H28N2O/c1-16(2,3)13-10-12-14(15(20-13)17(4,5)6)21-11-18(12)8-7-9-19-18/h10,19H,7-9,11H2,1-6H3. The summed E-state index contributed by atoms with van der Waals surface area (Å²) >= 11 is 0. The highest BCUT2D eigenvalue weighted by atomic mass is 16.5. The van der Waals surface area contributed by atoms with Gasteiger partial charge in [0.1, 0.15) is 12.4 Å². The van der Waals surface area contributed by atoms with Gasteiger partial charge < -0.3 is 10.1 Å². The van der Waals surface area contributed by atoms with Gasteiger partial charge in [0.25, 0.3) is 0 Å². The maximum absolute atomic E-state index is 6.14. The molecule has 1 fully saturated rings. The van der Waals surface area contributed by atoms with Crippen molar-refractivity contribution in [3.05, 3.63) is 23.0 Å². The van der Waals surface area contributed by atoms with E-state index in [0.29, 0.717) is 0 Å². The largest absolute Gasteiger partial charge is 0.489 e. The summed E-state index contributed by atoms with van der Waals surface area (Å²) in [7, 11) is 0. The SMILES string of the molecule is CC(C)(C)c1cc2c(c(C(C)(C)C)n1)OCC21CCCN1. The van der Waals surface area contributed by atoms with Crippen molar-refractivity contribution in [1.29, 1.82) is 0 Å². The van der Waals surface area contributed by atoms with Gasteiger partial charge in [0.2, 0.25) is 0 Å². The first-order chi connectivity index (χ1) is 9.63. The molecular formula is C18H28N2O. The number of nitrogens with zero attached hydrogens (tertiary/aromatic N) is 1. The number of hydrogen-bond donors (Lipinski definition) is 1. The number of pyridine rings is 1. The molecule has 0 radical (unpaired) electrons. The van der Waals surface area contributed by atoms with Crippen LogP contribution in [0.2, 0.25) is 0 Å². The molecule has 0 aromatic carbocycles. The predicted octanol–water partition coefficient (Wildman–Crippen LogP) is 3.65. The molecule has 3 nitrogen and oxygen atoms in total. The number of rotatable bonds is 0. The van der Waals surface area contributed by atoms with E-state index in [4.69, 9.17) is 9.72 Å². The Morgan fingerprint density at radius 3 is 2.38 bits per heavy atom. The average molecular weight is 288 g/mol. The summed E-state index contributed by atoms with van der Waals surface area (Å²) in [5, 5.41) is 3.69. The van der Waals surface area contributed by atoms with Crippen LogP contribution in [0.15, 0.2) is 6.07 Å². The first-order valence-corrected chi connectivity index (χ1v) is 8.08. The fourth-order valence-corrected chi connectivity index (χ4v) is 3.36. The maximum atomic E-state index is 6.14. The number of aromatic nitrogens is 1. The molecule has 116 valence electrons. The molecule has 0 amide bonds. The third-order valence-electron chi connectivity index (χ3n) is 4.67. The minimum Gasteiger partial charge on any atom is -0.489 e. The van der Waals surface area contributed by atoms with Crippen LogP contribution in [-0.2, 0) is 16.4 Å². The molecule has 1 N–H and O–H groups in total. The lowest BCUT2D eigenvalue weighted by Crippen LogP contribution is -2.38. The van der Waals surface area contributed by atoms with Crippen LogP contribution in [0, 0.1) is 0 Å². The van der Waals surface area contributed by atoms with E-state index in [0.717, 1.165) is 31.0 Å². The van der Waals surface area contributed by atoms with E-state index < -0.39 is 0 Å². The molecule has 3 rings (SSSR count). The van der Waals surface area contributed by atoms with Gasteiger partial charge in [-0.25, -0.2) is 0 Å². The van der Waals surface area contributed by atoms with Gasteiger partial charge in [-0.05, 0) is 25.5 Å². The van der Waals surface area contributed by atoms with Gasteiger partial charge in [0.05, 0.1) is 11.2 Å². The van der Waals surface area contributed by atoms with Gasteiger partial charge in [0.15, 0.2) is 0 Å². The third kappa shape index (κ3) is 2.36. The number of fused-ring (bicyclic) bond motifs is 2. The molecule has 3 heteroatoms. The molecule has 21 heavy (non-hydrogen) atoms. The summed E-state index contributed by atoms with van der Waals surface area (Å²) in [4.78, 5) is 4.99. The number of nitrogens with one attached hydrogen (secondary N) is 1. The third-order valence-corrected chi connectivity index (χ3v) is 4.67. The zero-order valence-corrected chi connectivity index (χ0v) is 14.3. The Balaban J connectivity index is 2.23. The average Bonchev–Trinajstić information content (AvgIpc) is 2.96. The van der Waals surface area contributed by atoms with E-state index in [9.17, 15) is 0 Å². The van der Waals surface area contributed by atoms with Gasteiger partial charge in [-0.3, -0.25) is 4.98 Å². The van der Waals surface area contributed by atoms with Crippen molar-refractivity contribution in [1.82, 2.24) is 10.3 Å². The topological polar surface area (TPSA) is 34.1 Å². The van der Waals surface area contributed by atoms with Crippen molar-refractivity contribution < 1.29 is 4.74 Å². The summed E-state index contributed by atoms with van der Waals surface area (Å²) in [5.74, 6) is 1.03. The van der Waals surface area contributed by atoms with E-state index in [2.05, 4.69) is 52.9 Å². The molecule has 1 unspecified atom stereocenters. The van der Waals surface area contributed by atoms with Gasteiger partial charge in [0, 0.05) is 22.1 Å². The maximum Gasteiger partial charge on any atom is 0.146 e. The first-order valence-electron chi connectivity index (χ1n) is 8.08. The molecule has 2 aliphatic heterocycles. The van der Waals surface area contributed by atoms with Crippen molar-refractivity contribution in [2.45, 2.75) is 70.8 Å². The van der Waals surface area contributed by atoms with Crippen LogP contribution in [0.1, 0.15) is 71.3 Å². The Hall–Kier alpha value is -1.09. The summed E-state index contributed by atoms with van der Waals surface area (Å²) in [5.41, 5.74) is 3.69. The Kier molecular flexibility index (Phi) is 3.14. The van der Waals surface area contributed by atoms with Crippen LogP contribution in [0.3, 0.4) is 0 Å². The fraction of sp³-hybridized carbons (Fsp3) is 0.722. The highest BCUT2D eigenvalue weighted by Gasteiger charge is 2.46. The lowest BCUT2D eigenvalue weighted by atomic mass is 9.82. The van der Waals surface area contributed by atoms with Crippen LogP contribution >= 0.6 is 0 Å². The van der Waals surface area contributed by atoms with Crippen molar-refractivity contribution in [3.8, 4) is 5.75 Å². The highest BCUT2D eigenvalue weighted by Crippen LogP contribution is 2.47. The molecule has 2 aliphatic rings. The molecule has 0 aliphatic carbocycles. The molecular weight excluding hydrogens is 260 g/mol. The minimum absolute atomic E-state index is 0.00449. The van der Waals surface area contributed by atoms with Crippen molar-refractivity contribution in [2.75, 3.05) is 13.2 Å². The second kappa shape index (κ2) is 4.45. The normalized spacial score (nSPS) is 25.2. The van der Waals surface area contributed by atoms with Gasteiger partial charge in [-0.2, -0.15) is 0 Å². The van der Waals surface area contributed by atoms with Gasteiger partial charge in [-0.1, -0.05) is 41.5 Å². The highest BCUT2D eigenvalue weighted by molar-refractivity contribution is 5.50. The summed E-state index contributed by atoms with van der Waals surface area (Å²) in [6.07, 6.45) is 2.39. The zero-order chi connectivity index (χ0) is 15.5. The van der Waals surface area contributed by atoms with Crippen LogP contribution in [0.5, 0.6) is 5.75 Å². The monoisotopic (exact) mass is 288 g/mol. The van der Waals surface area contributed by atoms with Crippen LogP contribution < -0.4 is 10.1 Å². The molecule has 1 aromatic rings. The number of hydrogen-bond acceptors (Lipinski definition) is 3. The molecule has 1 atom stereocenters. The number of ether oxygens (including phenoxy) is 1. The van der Waals surface area contributed by atoms with Gasteiger partial charge in [-0.15, -0.1) is 0 Å². The Morgan fingerprint density at radius 2 is 1.86 bits per heavy atom. The van der Waals surface area contributed by atoms with Crippen LogP contribution in [-0.4, -0.2) is 18.1 Å². The van der Waals surface area contributed by atoms with Crippen molar-refractivity contribution in [2.24, 2.45) is 0 Å². The predicted molar refractivity (Wildman–Crippen MR) is 86.0 cm³/mol. The van der Waals surface area contributed by atoms with E-state index >= 15 is 0 Å². The first kappa shape index (κ1) is 14.8. The lowest BCUT2D eigenvalue weighted by Gasteiger charge is -2.28. The Labute approximate surface area is 128 Å². The summed E-state index contributed by atoms with van der Waals surface area (Å²) in [6, 6.07) is 2.29. The van der Waals surface area contributed by atoms with Gasteiger partial charge >= 0.3 is 0 Å².